The average Bonchev–Trinajstić information content (AvgIpc) is 2.68. The quantitative estimate of drug-likeness (QED) is 0.300. The Balaban J connectivity index is 2.04. The lowest BCUT2D eigenvalue weighted by atomic mass is 10.1. The van der Waals surface area contributed by atoms with E-state index in [9.17, 15) is 4.79 Å². The first kappa shape index (κ1) is 20.7. The molecular weight excluding hydrogens is 336 g/mol. The highest BCUT2D eigenvalue weighted by Gasteiger charge is 2.19. The second kappa shape index (κ2) is 10.5. The molecule has 0 aliphatic carbocycles. The van der Waals surface area contributed by atoms with Gasteiger partial charge in [-0.15, -0.1) is 6.58 Å². The first-order valence-corrected chi connectivity index (χ1v) is 9.26. The summed E-state index contributed by atoms with van der Waals surface area (Å²) in [6, 6.07) is 19.1. The lowest BCUT2D eigenvalue weighted by Gasteiger charge is -2.24. The van der Waals surface area contributed by atoms with Gasteiger partial charge in [0.15, 0.2) is 0 Å². The van der Waals surface area contributed by atoms with Gasteiger partial charge in [-0.2, -0.15) is 0 Å². The molecule has 0 aromatic heterocycles. The Labute approximate surface area is 162 Å². The number of benzene rings is 2. The molecule has 3 heteroatoms. The highest BCUT2D eigenvalue weighted by atomic mass is 16.5. The third-order valence-corrected chi connectivity index (χ3v) is 4.23. The Morgan fingerprint density at radius 2 is 1.63 bits per heavy atom. The Bertz CT molecular complexity index is 763. The summed E-state index contributed by atoms with van der Waals surface area (Å²) in [5.74, 6) is 0.254. The van der Waals surface area contributed by atoms with Crippen molar-refractivity contribution in [1.82, 2.24) is 0 Å². The maximum absolute atomic E-state index is 12.3. The molecule has 0 saturated carbocycles. The number of esters is 1. The molecule has 0 amide bonds. The Morgan fingerprint density at radius 1 is 1.04 bits per heavy atom. The SMILES string of the molecule is C=C(C)C[C@H](C/C(=C/C)OC(=O)c1ccccc1)O[C@H](C)c1ccccc1. The van der Waals surface area contributed by atoms with Crippen LogP contribution in [0.4, 0.5) is 0 Å². The van der Waals surface area contributed by atoms with Gasteiger partial charge in [-0.3, -0.25) is 0 Å². The van der Waals surface area contributed by atoms with Crippen molar-refractivity contribution >= 4 is 5.97 Å². The summed E-state index contributed by atoms with van der Waals surface area (Å²) >= 11 is 0. The van der Waals surface area contributed by atoms with Crippen LogP contribution in [-0.4, -0.2) is 12.1 Å². The Hall–Kier alpha value is -2.65. The molecule has 2 aromatic carbocycles. The predicted molar refractivity (Wildman–Crippen MR) is 109 cm³/mol. The summed E-state index contributed by atoms with van der Waals surface area (Å²) in [6.07, 6.45) is 2.87. The third kappa shape index (κ3) is 6.87. The van der Waals surface area contributed by atoms with E-state index >= 15 is 0 Å². The van der Waals surface area contributed by atoms with Crippen molar-refractivity contribution in [2.45, 2.75) is 45.8 Å². The lowest BCUT2D eigenvalue weighted by molar-refractivity contribution is -0.00925. The monoisotopic (exact) mass is 364 g/mol. The zero-order valence-electron chi connectivity index (χ0n) is 16.4. The summed E-state index contributed by atoms with van der Waals surface area (Å²) in [5, 5.41) is 0. The van der Waals surface area contributed by atoms with Crippen LogP contribution in [0.3, 0.4) is 0 Å². The van der Waals surface area contributed by atoms with Gasteiger partial charge in [-0.1, -0.05) is 54.1 Å². The topological polar surface area (TPSA) is 35.5 Å². The fourth-order valence-electron chi connectivity index (χ4n) is 2.84. The molecule has 0 unspecified atom stereocenters. The molecule has 142 valence electrons. The van der Waals surface area contributed by atoms with Crippen molar-refractivity contribution in [3.8, 4) is 0 Å². The van der Waals surface area contributed by atoms with Crippen molar-refractivity contribution in [1.29, 1.82) is 0 Å². The van der Waals surface area contributed by atoms with Crippen LogP contribution in [0.25, 0.3) is 0 Å². The molecule has 0 N–H and O–H groups in total. The Kier molecular flexibility index (Phi) is 8.02. The van der Waals surface area contributed by atoms with E-state index in [0.717, 1.165) is 11.1 Å². The summed E-state index contributed by atoms with van der Waals surface area (Å²) < 4.78 is 11.9. The minimum atomic E-state index is -0.353. The largest absolute Gasteiger partial charge is 0.428 e. The first-order chi connectivity index (χ1) is 13.0. The van der Waals surface area contributed by atoms with Crippen molar-refractivity contribution in [3.63, 3.8) is 0 Å². The predicted octanol–water partition coefficient (Wildman–Crippen LogP) is 6.25. The molecule has 0 bridgehead atoms. The van der Waals surface area contributed by atoms with Crippen molar-refractivity contribution < 1.29 is 14.3 Å². The minimum absolute atomic E-state index is 0.0570. The van der Waals surface area contributed by atoms with Gasteiger partial charge in [-0.05, 0) is 51.0 Å². The van der Waals surface area contributed by atoms with Crippen molar-refractivity contribution in [2.75, 3.05) is 0 Å². The van der Waals surface area contributed by atoms with Gasteiger partial charge >= 0.3 is 5.97 Å². The molecule has 0 fully saturated rings. The van der Waals surface area contributed by atoms with E-state index in [0.29, 0.717) is 24.2 Å². The number of carbonyl (C=O) groups excluding carboxylic acids is 1. The van der Waals surface area contributed by atoms with Crippen LogP contribution in [0, 0.1) is 0 Å². The van der Waals surface area contributed by atoms with Crippen LogP contribution in [-0.2, 0) is 9.47 Å². The highest BCUT2D eigenvalue weighted by molar-refractivity contribution is 5.89. The first-order valence-electron chi connectivity index (χ1n) is 9.26. The molecule has 0 radical (unpaired) electrons. The molecule has 2 atom stereocenters. The molecule has 27 heavy (non-hydrogen) atoms. The Morgan fingerprint density at radius 3 is 2.19 bits per heavy atom. The fourth-order valence-corrected chi connectivity index (χ4v) is 2.84. The van der Waals surface area contributed by atoms with E-state index in [2.05, 4.69) is 18.7 Å². The summed E-state index contributed by atoms with van der Waals surface area (Å²) in [4.78, 5) is 12.3. The molecule has 0 saturated heterocycles. The van der Waals surface area contributed by atoms with Crippen LogP contribution >= 0.6 is 0 Å². The van der Waals surface area contributed by atoms with Gasteiger partial charge < -0.3 is 9.47 Å². The van der Waals surface area contributed by atoms with E-state index in [1.165, 1.54) is 0 Å². The van der Waals surface area contributed by atoms with Gasteiger partial charge in [0.2, 0.25) is 0 Å². The van der Waals surface area contributed by atoms with Crippen molar-refractivity contribution in [2.24, 2.45) is 0 Å². The number of allylic oxidation sites excluding steroid dienone is 1. The smallest absolute Gasteiger partial charge is 0.343 e. The minimum Gasteiger partial charge on any atom is -0.428 e. The van der Waals surface area contributed by atoms with Crippen LogP contribution in [0.1, 0.15) is 55.6 Å². The van der Waals surface area contributed by atoms with Crippen LogP contribution in [0.5, 0.6) is 0 Å². The maximum atomic E-state index is 12.3. The molecule has 2 rings (SSSR count). The zero-order valence-corrected chi connectivity index (χ0v) is 16.4. The number of hydrogen-bond acceptors (Lipinski definition) is 3. The molecular formula is C24H28O3. The van der Waals surface area contributed by atoms with Crippen LogP contribution < -0.4 is 0 Å². The molecule has 2 aromatic rings. The van der Waals surface area contributed by atoms with E-state index in [-0.39, 0.29) is 18.2 Å². The van der Waals surface area contributed by atoms with E-state index in [1.807, 2.05) is 63.2 Å². The van der Waals surface area contributed by atoms with Gasteiger partial charge in [0, 0.05) is 6.42 Å². The van der Waals surface area contributed by atoms with Crippen LogP contribution in [0.2, 0.25) is 0 Å². The van der Waals surface area contributed by atoms with Gasteiger partial charge in [0.25, 0.3) is 0 Å². The van der Waals surface area contributed by atoms with Gasteiger partial charge in [-0.25, -0.2) is 4.79 Å². The fraction of sp³-hybridized carbons (Fsp3) is 0.292. The van der Waals surface area contributed by atoms with Crippen molar-refractivity contribution in [3.05, 3.63) is 95.8 Å². The summed E-state index contributed by atoms with van der Waals surface area (Å²) in [7, 11) is 0. The van der Waals surface area contributed by atoms with E-state index in [4.69, 9.17) is 9.47 Å². The van der Waals surface area contributed by atoms with Crippen LogP contribution in [0.15, 0.2) is 84.7 Å². The molecule has 0 aliphatic rings. The summed E-state index contributed by atoms with van der Waals surface area (Å²) in [5.41, 5.74) is 2.68. The third-order valence-electron chi connectivity index (χ3n) is 4.23. The highest BCUT2D eigenvalue weighted by Crippen LogP contribution is 2.25. The average molecular weight is 364 g/mol. The van der Waals surface area contributed by atoms with Gasteiger partial charge in [0.05, 0.1) is 17.8 Å². The lowest BCUT2D eigenvalue weighted by Crippen LogP contribution is -2.19. The maximum Gasteiger partial charge on any atom is 0.343 e. The normalized spacial score (nSPS) is 13.7. The number of hydrogen-bond donors (Lipinski definition) is 0. The molecule has 3 nitrogen and oxygen atoms in total. The number of rotatable bonds is 9. The molecule has 0 heterocycles. The molecule has 0 spiro atoms. The second-order valence-electron chi connectivity index (χ2n) is 6.69. The number of carbonyl (C=O) groups is 1. The zero-order chi connectivity index (χ0) is 19.6. The second-order valence-corrected chi connectivity index (χ2v) is 6.69. The summed E-state index contributed by atoms with van der Waals surface area (Å²) in [6.45, 7) is 9.89. The number of ether oxygens (including phenoxy) is 2. The van der Waals surface area contributed by atoms with E-state index < -0.39 is 0 Å². The molecule has 0 aliphatic heterocycles. The van der Waals surface area contributed by atoms with Gasteiger partial charge in [0.1, 0.15) is 5.76 Å². The standard InChI is InChI=1S/C24H28O3/c1-5-22(27-24(25)21-14-10-7-11-15-21)17-23(16-18(2)3)26-19(4)20-12-8-6-9-13-20/h5-15,19,23H,2,16-17H2,1,3-4H3/b22-5-/t19-,23-/m1/s1. The van der Waals surface area contributed by atoms with E-state index in [1.54, 1.807) is 12.1 Å².